The lowest BCUT2D eigenvalue weighted by molar-refractivity contribution is -0.161. The molecule has 0 aromatic rings. The third-order valence-electron chi connectivity index (χ3n) is 2.77. The minimum atomic E-state index is 0.279. The third kappa shape index (κ3) is 1.74. The van der Waals surface area contributed by atoms with Crippen molar-refractivity contribution >= 4 is 0 Å². The van der Waals surface area contributed by atoms with Crippen molar-refractivity contribution < 1.29 is 9.84 Å². The van der Waals surface area contributed by atoms with Gasteiger partial charge in [-0.2, -0.15) is 0 Å². The van der Waals surface area contributed by atoms with E-state index in [1.807, 2.05) is 0 Å². The molecule has 0 spiro atoms. The van der Waals surface area contributed by atoms with Gasteiger partial charge in [0.05, 0.1) is 19.3 Å². The number of ether oxygens (including phenoxy) is 1. The van der Waals surface area contributed by atoms with Crippen molar-refractivity contribution in [1.82, 2.24) is 0 Å². The quantitative estimate of drug-likeness (QED) is 0.670. The standard InChI is InChI=1S/C9H18O2/c1-6(2)7(3)9-8(4-10)5-11-9/h6-10H,4-5H2,1-3H3. The topological polar surface area (TPSA) is 29.5 Å². The monoisotopic (exact) mass is 158 g/mol. The molecule has 1 N–H and O–H groups in total. The van der Waals surface area contributed by atoms with Gasteiger partial charge in [0.1, 0.15) is 0 Å². The smallest absolute Gasteiger partial charge is 0.0675 e. The maximum absolute atomic E-state index is 8.91. The normalized spacial score (nSPS) is 33.5. The summed E-state index contributed by atoms with van der Waals surface area (Å²) in [4.78, 5) is 0. The third-order valence-corrected chi connectivity index (χ3v) is 2.77. The van der Waals surface area contributed by atoms with Gasteiger partial charge in [-0.05, 0) is 11.8 Å². The van der Waals surface area contributed by atoms with Crippen LogP contribution in [-0.2, 0) is 4.74 Å². The zero-order valence-corrected chi connectivity index (χ0v) is 7.58. The van der Waals surface area contributed by atoms with E-state index < -0.39 is 0 Å². The maximum Gasteiger partial charge on any atom is 0.0675 e. The Morgan fingerprint density at radius 3 is 2.36 bits per heavy atom. The number of hydrogen-bond donors (Lipinski definition) is 1. The first kappa shape index (κ1) is 9.01. The highest BCUT2D eigenvalue weighted by Gasteiger charge is 2.36. The zero-order chi connectivity index (χ0) is 8.43. The fraction of sp³-hybridized carbons (Fsp3) is 1.00. The van der Waals surface area contributed by atoms with E-state index in [0.717, 1.165) is 6.61 Å². The molecule has 1 aliphatic heterocycles. The van der Waals surface area contributed by atoms with E-state index in [-0.39, 0.29) is 6.61 Å². The van der Waals surface area contributed by atoms with Crippen LogP contribution in [0.25, 0.3) is 0 Å². The molecule has 1 heterocycles. The van der Waals surface area contributed by atoms with Crippen LogP contribution >= 0.6 is 0 Å². The van der Waals surface area contributed by atoms with E-state index in [1.54, 1.807) is 0 Å². The first-order valence-electron chi connectivity index (χ1n) is 4.39. The molecule has 0 amide bonds. The molecule has 3 unspecified atom stereocenters. The molecule has 66 valence electrons. The summed E-state index contributed by atoms with van der Waals surface area (Å²) < 4.78 is 5.40. The Kier molecular flexibility index (Phi) is 2.90. The minimum Gasteiger partial charge on any atom is -0.396 e. The van der Waals surface area contributed by atoms with Gasteiger partial charge in [0, 0.05) is 5.92 Å². The van der Waals surface area contributed by atoms with Crippen molar-refractivity contribution in [2.45, 2.75) is 26.9 Å². The van der Waals surface area contributed by atoms with Crippen LogP contribution in [0.4, 0.5) is 0 Å². The van der Waals surface area contributed by atoms with Gasteiger partial charge in [-0.1, -0.05) is 20.8 Å². The highest BCUT2D eigenvalue weighted by Crippen LogP contribution is 2.30. The fourth-order valence-electron chi connectivity index (χ4n) is 1.46. The average molecular weight is 158 g/mol. The van der Waals surface area contributed by atoms with Crippen molar-refractivity contribution in [2.75, 3.05) is 13.2 Å². The van der Waals surface area contributed by atoms with Crippen molar-refractivity contribution in [2.24, 2.45) is 17.8 Å². The second-order valence-electron chi connectivity index (χ2n) is 3.84. The number of hydrogen-bond acceptors (Lipinski definition) is 2. The molecule has 1 aliphatic rings. The van der Waals surface area contributed by atoms with Crippen LogP contribution in [0, 0.1) is 17.8 Å². The van der Waals surface area contributed by atoms with Crippen LogP contribution in [0.15, 0.2) is 0 Å². The van der Waals surface area contributed by atoms with Gasteiger partial charge in [0.25, 0.3) is 0 Å². The average Bonchev–Trinajstić information content (AvgIpc) is 1.86. The Labute approximate surface area is 68.6 Å². The van der Waals surface area contributed by atoms with Gasteiger partial charge in [-0.25, -0.2) is 0 Å². The van der Waals surface area contributed by atoms with Crippen LogP contribution in [0.2, 0.25) is 0 Å². The zero-order valence-electron chi connectivity index (χ0n) is 7.58. The first-order chi connectivity index (χ1) is 5.16. The van der Waals surface area contributed by atoms with Crippen molar-refractivity contribution in [3.05, 3.63) is 0 Å². The van der Waals surface area contributed by atoms with Crippen LogP contribution < -0.4 is 0 Å². The summed E-state index contributed by atoms with van der Waals surface area (Å²) in [6, 6.07) is 0. The largest absolute Gasteiger partial charge is 0.396 e. The molecular formula is C9H18O2. The van der Waals surface area contributed by atoms with Gasteiger partial charge in [0.15, 0.2) is 0 Å². The Morgan fingerprint density at radius 1 is 1.45 bits per heavy atom. The van der Waals surface area contributed by atoms with Crippen molar-refractivity contribution in [1.29, 1.82) is 0 Å². The van der Waals surface area contributed by atoms with Gasteiger partial charge >= 0.3 is 0 Å². The number of aliphatic hydroxyl groups excluding tert-OH is 1. The van der Waals surface area contributed by atoms with Crippen molar-refractivity contribution in [3.8, 4) is 0 Å². The van der Waals surface area contributed by atoms with Crippen molar-refractivity contribution in [3.63, 3.8) is 0 Å². The molecule has 11 heavy (non-hydrogen) atoms. The van der Waals surface area contributed by atoms with Crippen LogP contribution in [0.5, 0.6) is 0 Å². The first-order valence-corrected chi connectivity index (χ1v) is 4.39. The Morgan fingerprint density at radius 2 is 2.09 bits per heavy atom. The summed E-state index contributed by atoms with van der Waals surface area (Å²) in [5.41, 5.74) is 0. The highest BCUT2D eigenvalue weighted by molar-refractivity contribution is 4.83. The van der Waals surface area contributed by atoms with Gasteiger partial charge < -0.3 is 9.84 Å². The van der Waals surface area contributed by atoms with E-state index in [9.17, 15) is 0 Å². The summed E-state index contributed by atoms with van der Waals surface area (Å²) in [6.07, 6.45) is 0.306. The summed E-state index contributed by atoms with van der Waals surface area (Å²) in [6.45, 7) is 7.61. The summed E-state index contributed by atoms with van der Waals surface area (Å²) in [7, 11) is 0. The van der Waals surface area contributed by atoms with Crippen LogP contribution in [-0.4, -0.2) is 24.4 Å². The predicted molar refractivity (Wildman–Crippen MR) is 44.3 cm³/mol. The van der Waals surface area contributed by atoms with Gasteiger partial charge in [-0.3, -0.25) is 0 Å². The van der Waals surface area contributed by atoms with Crippen LogP contribution in [0.3, 0.4) is 0 Å². The molecule has 0 bridgehead atoms. The second kappa shape index (κ2) is 3.55. The van der Waals surface area contributed by atoms with E-state index in [0.29, 0.717) is 23.9 Å². The molecule has 2 nitrogen and oxygen atoms in total. The van der Waals surface area contributed by atoms with Crippen LogP contribution in [0.1, 0.15) is 20.8 Å². The van der Waals surface area contributed by atoms with E-state index in [4.69, 9.17) is 9.84 Å². The molecule has 0 saturated carbocycles. The van der Waals surface area contributed by atoms with Gasteiger partial charge in [-0.15, -0.1) is 0 Å². The predicted octanol–water partition coefficient (Wildman–Crippen LogP) is 1.29. The summed E-state index contributed by atoms with van der Waals surface area (Å²) >= 11 is 0. The summed E-state index contributed by atoms with van der Waals surface area (Å²) in [5, 5.41) is 8.91. The molecule has 1 fully saturated rings. The minimum absolute atomic E-state index is 0.279. The number of rotatable bonds is 3. The molecule has 3 atom stereocenters. The molecule has 1 saturated heterocycles. The Balaban J connectivity index is 2.35. The molecule has 0 radical (unpaired) electrons. The lowest BCUT2D eigenvalue weighted by atomic mass is 9.82. The lowest BCUT2D eigenvalue weighted by Gasteiger charge is -2.41. The maximum atomic E-state index is 8.91. The van der Waals surface area contributed by atoms with E-state index in [2.05, 4.69) is 20.8 Å². The number of aliphatic hydroxyl groups is 1. The van der Waals surface area contributed by atoms with Gasteiger partial charge in [0.2, 0.25) is 0 Å². The van der Waals surface area contributed by atoms with E-state index in [1.165, 1.54) is 0 Å². The SMILES string of the molecule is CC(C)C(C)C1OCC1CO. The fourth-order valence-corrected chi connectivity index (χ4v) is 1.46. The van der Waals surface area contributed by atoms with E-state index >= 15 is 0 Å². The molecule has 2 heteroatoms. The second-order valence-corrected chi connectivity index (χ2v) is 3.84. The molecule has 0 aromatic heterocycles. The Hall–Kier alpha value is -0.0800. The summed E-state index contributed by atoms with van der Waals surface area (Å²) in [5.74, 6) is 1.61. The molecular weight excluding hydrogens is 140 g/mol. The Bertz CT molecular complexity index is 121. The molecule has 1 rings (SSSR count). The molecule has 0 aliphatic carbocycles. The lowest BCUT2D eigenvalue weighted by Crippen LogP contribution is -2.47. The highest BCUT2D eigenvalue weighted by atomic mass is 16.5. The molecule has 0 aromatic carbocycles.